The van der Waals surface area contributed by atoms with Gasteiger partial charge in [-0.3, -0.25) is 9.59 Å². The lowest BCUT2D eigenvalue weighted by Gasteiger charge is -2.13. The van der Waals surface area contributed by atoms with E-state index in [2.05, 4.69) is 41.1 Å². The lowest BCUT2D eigenvalue weighted by molar-refractivity contribution is -0.140. The van der Waals surface area contributed by atoms with E-state index in [1.165, 1.54) is 23.3 Å². The molecule has 0 spiro atoms. The zero-order chi connectivity index (χ0) is 17.4. The molecule has 124 valence electrons. The first-order valence-electron chi connectivity index (χ1n) is 8.45. The van der Waals surface area contributed by atoms with Crippen LogP contribution < -0.4 is 0 Å². The van der Waals surface area contributed by atoms with Crippen molar-refractivity contribution in [3.8, 4) is 0 Å². The molecule has 0 N–H and O–H groups in total. The van der Waals surface area contributed by atoms with E-state index >= 15 is 0 Å². The first-order valence-corrected chi connectivity index (χ1v) is 8.45. The van der Waals surface area contributed by atoms with Gasteiger partial charge in [-0.2, -0.15) is 0 Å². The van der Waals surface area contributed by atoms with Crippen LogP contribution in [0.4, 0.5) is 0 Å². The minimum absolute atomic E-state index is 0.0711. The summed E-state index contributed by atoms with van der Waals surface area (Å²) >= 11 is 0. The Hall–Kier alpha value is -2.94. The van der Waals surface area contributed by atoms with Gasteiger partial charge in [-0.05, 0) is 38.7 Å². The van der Waals surface area contributed by atoms with Crippen molar-refractivity contribution in [1.29, 1.82) is 0 Å². The first-order chi connectivity index (χ1) is 12.2. The molecule has 0 fully saturated rings. The smallest absolute Gasteiger partial charge is 0.305 e. The highest BCUT2D eigenvalue weighted by Crippen LogP contribution is 2.36. The minimum Gasteiger partial charge on any atom is -0.469 e. The Morgan fingerprint density at radius 1 is 0.800 bits per heavy atom. The third-order valence-corrected chi connectivity index (χ3v) is 4.84. The Bertz CT molecular complexity index is 1080. The number of benzene rings is 4. The van der Waals surface area contributed by atoms with E-state index in [-0.39, 0.29) is 18.2 Å². The van der Waals surface area contributed by atoms with Crippen molar-refractivity contribution < 1.29 is 14.3 Å². The number of rotatable bonds is 5. The van der Waals surface area contributed by atoms with Crippen molar-refractivity contribution >= 4 is 44.1 Å². The van der Waals surface area contributed by atoms with Crippen molar-refractivity contribution in [2.24, 2.45) is 0 Å². The molecule has 0 aliphatic rings. The van der Waals surface area contributed by atoms with Crippen LogP contribution in [-0.4, -0.2) is 18.9 Å². The van der Waals surface area contributed by atoms with Gasteiger partial charge in [-0.15, -0.1) is 0 Å². The number of hydrogen-bond donors (Lipinski definition) is 0. The van der Waals surface area contributed by atoms with Crippen molar-refractivity contribution in [2.45, 2.75) is 19.3 Å². The van der Waals surface area contributed by atoms with Gasteiger partial charge in [0.2, 0.25) is 0 Å². The Labute approximate surface area is 145 Å². The maximum absolute atomic E-state index is 12.7. The minimum atomic E-state index is -0.275. The molecule has 0 amide bonds. The molecule has 0 aliphatic heterocycles. The molecule has 0 radical (unpaired) electrons. The maximum Gasteiger partial charge on any atom is 0.305 e. The molecule has 3 heteroatoms. The summed E-state index contributed by atoms with van der Waals surface area (Å²) in [4.78, 5) is 23.9. The van der Waals surface area contributed by atoms with Crippen LogP contribution in [0.15, 0.2) is 54.6 Å². The Morgan fingerprint density at radius 2 is 1.44 bits per heavy atom. The summed E-state index contributed by atoms with van der Waals surface area (Å²) in [6, 6.07) is 18.5. The second-order valence-corrected chi connectivity index (χ2v) is 6.32. The number of ketones is 1. The second-order valence-electron chi connectivity index (χ2n) is 6.32. The van der Waals surface area contributed by atoms with Crippen LogP contribution in [0.25, 0.3) is 32.3 Å². The molecule has 0 aromatic heterocycles. The van der Waals surface area contributed by atoms with E-state index < -0.39 is 0 Å². The second kappa shape index (κ2) is 6.17. The quantitative estimate of drug-likeness (QED) is 0.290. The van der Waals surface area contributed by atoms with Crippen molar-refractivity contribution in [2.75, 3.05) is 7.11 Å². The Balaban J connectivity index is 1.79. The monoisotopic (exact) mass is 330 g/mol. The van der Waals surface area contributed by atoms with Gasteiger partial charge in [-0.25, -0.2) is 0 Å². The topological polar surface area (TPSA) is 43.4 Å². The van der Waals surface area contributed by atoms with Crippen LogP contribution in [0.3, 0.4) is 0 Å². The third kappa shape index (κ3) is 2.62. The standard InChI is InChI=1S/C22H18O3/c1-25-20(24)7-3-6-19(23)17-12-10-16-9-8-14-4-2-5-15-11-13-18(17)22(16)21(14)15/h2,4-5,8-13H,3,6-7H2,1H3. The molecule has 25 heavy (non-hydrogen) atoms. The average Bonchev–Trinajstić information content (AvgIpc) is 2.65. The van der Waals surface area contributed by atoms with Gasteiger partial charge in [0.05, 0.1) is 7.11 Å². The van der Waals surface area contributed by atoms with Crippen molar-refractivity contribution in [3.63, 3.8) is 0 Å². The van der Waals surface area contributed by atoms with Crippen LogP contribution in [0.2, 0.25) is 0 Å². The van der Waals surface area contributed by atoms with Crippen molar-refractivity contribution in [1.82, 2.24) is 0 Å². The number of Topliss-reactive ketones (excluding diaryl/α,β-unsaturated/α-hetero) is 1. The van der Waals surface area contributed by atoms with E-state index in [1.54, 1.807) is 0 Å². The summed E-state index contributed by atoms with van der Waals surface area (Å²) < 4.78 is 4.63. The summed E-state index contributed by atoms with van der Waals surface area (Å²) in [5.74, 6) is -0.204. The van der Waals surface area contributed by atoms with Crippen LogP contribution >= 0.6 is 0 Å². The van der Waals surface area contributed by atoms with E-state index in [9.17, 15) is 9.59 Å². The molecule has 0 saturated heterocycles. The fourth-order valence-electron chi connectivity index (χ4n) is 3.61. The van der Waals surface area contributed by atoms with Crippen LogP contribution in [0, 0.1) is 0 Å². The van der Waals surface area contributed by atoms with Gasteiger partial charge in [0.15, 0.2) is 5.78 Å². The molecular weight excluding hydrogens is 312 g/mol. The van der Waals surface area contributed by atoms with Gasteiger partial charge in [0.25, 0.3) is 0 Å². The van der Waals surface area contributed by atoms with Gasteiger partial charge in [0, 0.05) is 18.4 Å². The van der Waals surface area contributed by atoms with Gasteiger partial charge < -0.3 is 4.74 Å². The van der Waals surface area contributed by atoms with E-state index in [4.69, 9.17) is 0 Å². The number of carbonyl (C=O) groups excluding carboxylic acids is 2. The molecule has 4 aromatic carbocycles. The fourth-order valence-corrected chi connectivity index (χ4v) is 3.61. The van der Waals surface area contributed by atoms with Gasteiger partial charge in [-0.1, -0.05) is 54.6 Å². The van der Waals surface area contributed by atoms with Gasteiger partial charge in [0.1, 0.15) is 0 Å². The molecule has 4 aromatic rings. The normalized spacial score (nSPS) is 11.4. The van der Waals surface area contributed by atoms with E-state index in [0.29, 0.717) is 12.8 Å². The predicted octanol–water partition coefficient (Wildman–Crippen LogP) is 5.11. The number of hydrogen-bond acceptors (Lipinski definition) is 3. The molecule has 4 rings (SSSR count). The van der Waals surface area contributed by atoms with Crippen LogP contribution in [0.5, 0.6) is 0 Å². The molecule has 0 atom stereocenters. The number of methoxy groups -OCH3 is 1. The SMILES string of the molecule is COC(=O)CCCC(=O)c1ccc2ccc3cccc4ccc1c2c34. The Kier molecular flexibility index (Phi) is 3.85. The lowest BCUT2D eigenvalue weighted by Crippen LogP contribution is -2.04. The highest BCUT2D eigenvalue weighted by molar-refractivity contribution is 6.26. The van der Waals surface area contributed by atoms with Crippen molar-refractivity contribution in [3.05, 3.63) is 60.2 Å². The van der Waals surface area contributed by atoms with E-state index in [0.717, 1.165) is 21.7 Å². The third-order valence-electron chi connectivity index (χ3n) is 4.84. The average molecular weight is 330 g/mol. The summed E-state index contributed by atoms with van der Waals surface area (Å²) in [5.41, 5.74) is 0.732. The predicted molar refractivity (Wildman–Crippen MR) is 100 cm³/mol. The largest absolute Gasteiger partial charge is 0.469 e. The molecule has 0 saturated carbocycles. The molecule has 0 heterocycles. The molecular formula is C22H18O3. The van der Waals surface area contributed by atoms with Gasteiger partial charge >= 0.3 is 5.97 Å². The molecule has 0 aliphatic carbocycles. The van der Waals surface area contributed by atoms with Crippen LogP contribution in [0.1, 0.15) is 29.6 Å². The Morgan fingerprint density at radius 3 is 2.16 bits per heavy atom. The highest BCUT2D eigenvalue weighted by atomic mass is 16.5. The summed E-state index contributed by atoms with van der Waals surface area (Å²) in [6.45, 7) is 0. The molecule has 0 bridgehead atoms. The highest BCUT2D eigenvalue weighted by Gasteiger charge is 2.15. The zero-order valence-electron chi connectivity index (χ0n) is 14.0. The molecule has 0 unspecified atom stereocenters. The number of esters is 1. The summed E-state index contributed by atoms with van der Waals surface area (Å²) in [7, 11) is 1.37. The lowest BCUT2D eigenvalue weighted by atomic mass is 9.90. The van der Waals surface area contributed by atoms with E-state index in [1.807, 2.05) is 18.2 Å². The zero-order valence-corrected chi connectivity index (χ0v) is 14.0. The molecule has 3 nitrogen and oxygen atoms in total. The number of carbonyl (C=O) groups is 2. The number of ether oxygens (including phenoxy) is 1. The fraction of sp³-hybridized carbons (Fsp3) is 0.182. The van der Waals surface area contributed by atoms with Crippen LogP contribution in [-0.2, 0) is 9.53 Å². The first kappa shape index (κ1) is 15.6. The maximum atomic E-state index is 12.7. The summed E-state index contributed by atoms with van der Waals surface area (Å²) in [5, 5.41) is 6.86. The summed E-state index contributed by atoms with van der Waals surface area (Å²) in [6.07, 6.45) is 1.13.